The summed E-state index contributed by atoms with van der Waals surface area (Å²) in [5.74, 6) is -2.94. The van der Waals surface area contributed by atoms with Crippen LogP contribution in [0.15, 0.2) is 65.6 Å². The largest absolute Gasteiger partial charge is 0.477 e. The van der Waals surface area contributed by atoms with Gasteiger partial charge in [-0.15, -0.1) is 0 Å². The monoisotopic (exact) mass is 602 g/mol. The highest BCUT2D eigenvalue weighted by Crippen LogP contribution is 2.24. The fraction of sp³-hybridized carbons (Fsp3) is 0.226. The predicted molar refractivity (Wildman–Crippen MR) is 152 cm³/mol. The SMILES string of the molecule is CCOCCn1c(Cc2cc(F)c(C3=NC(OCc4ncc(C#N)cc4F)=CCC=C3)cc2F)nc2ccc(C(=O)O)nc21. The molecule has 0 fully saturated rings. The van der Waals surface area contributed by atoms with Gasteiger partial charge in [-0.05, 0) is 61.4 Å². The molecule has 0 aliphatic carbocycles. The number of carboxylic acids is 1. The Morgan fingerprint density at radius 1 is 1.14 bits per heavy atom. The average Bonchev–Trinajstić information content (AvgIpc) is 3.17. The van der Waals surface area contributed by atoms with E-state index in [1.807, 2.05) is 6.92 Å². The third-order valence-electron chi connectivity index (χ3n) is 6.65. The van der Waals surface area contributed by atoms with E-state index >= 15 is 8.78 Å². The molecular weight excluding hydrogens is 577 g/mol. The van der Waals surface area contributed by atoms with E-state index in [0.29, 0.717) is 30.0 Å². The number of aliphatic imine (C=N–C) groups is 1. The summed E-state index contributed by atoms with van der Waals surface area (Å²) in [5.41, 5.74) is 0.567. The Kier molecular flexibility index (Phi) is 9.11. The van der Waals surface area contributed by atoms with Crippen LogP contribution >= 0.6 is 0 Å². The van der Waals surface area contributed by atoms with Crippen molar-refractivity contribution in [3.05, 3.63) is 112 Å². The number of imidazole rings is 1. The molecule has 1 aliphatic heterocycles. The molecule has 0 amide bonds. The molecule has 4 aromatic rings. The molecule has 0 saturated carbocycles. The lowest BCUT2D eigenvalue weighted by Crippen LogP contribution is -2.12. The van der Waals surface area contributed by atoms with Crippen LogP contribution in [0, 0.1) is 28.8 Å². The maximum absolute atomic E-state index is 15.5. The Hall–Kier alpha value is -5.35. The molecule has 0 radical (unpaired) electrons. The molecule has 0 unspecified atom stereocenters. The van der Waals surface area contributed by atoms with Crippen molar-refractivity contribution < 1.29 is 32.5 Å². The molecule has 44 heavy (non-hydrogen) atoms. The molecule has 1 aromatic carbocycles. The minimum Gasteiger partial charge on any atom is -0.477 e. The smallest absolute Gasteiger partial charge is 0.354 e. The van der Waals surface area contributed by atoms with Gasteiger partial charge in [0, 0.05) is 31.3 Å². The van der Waals surface area contributed by atoms with Gasteiger partial charge in [-0.1, -0.05) is 6.08 Å². The Labute approximate surface area is 249 Å². The number of allylic oxidation sites excluding steroid dienone is 3. The molecule has 0 bridgehead atoms. The highest BCUT2D eigenvalue weighted by atomic mass is 19.1. The zero-order valence-electron chi connectivity index (χ0n) is 23.4. The Morgan fingerprint density at radius 3 is 2.73 bits per heavy atom. The number of aromatic carboxylic acids is 1. The molecule has 4 heterocycles. The fourth-order valence-corrected chi connectivity index (χ4v) is 4.50. The van der Waals surface area contributed by atoms with Gasteiger partial charge < -0.3 is 19.1 Å². The van der Waals surface area contributed by atoms with Crippen LogP contribution in [0.4, 0.5) is 13.2 Å². The summed E-state index contributed by atoms with van der Waals surface area (Å²) >= 11 is 0. The molecule has 13 heteroatoms. The van der Waals surface area contributed by atoms with Gasteiger partial charge in [0.2, 0.25) is 5.88 Å². The quantitative estimate of drug-likeness (QED) is 0.230. The fourth-order valence-electron chi connectivity index (χ4n) is 4.50. The van der Waals surface area contributed by atoms with Gasteiger partial charge >= 0.3 is 5.97 Å². The van der Waals surface area contributed by atoms with E-state index in [9.17, 15) is 14.3 Å². The van der Waals surface area contributed by atoms with E-state index in [-0.39, 0.29) is 65.9 Å². The minimum atomic E-state index is -1.20. The predicted octanol–water partition coefficient (Wildman–Crippen LogP) is 5.25. The molecule has 1 N–H and O–H groups in total. The van der Waals surface area contributed by atoms with Gasteiger partial charge in [-0.25, -0.2) is 32.9 Å². The number of pyridine rings is 2. The molecule has 0 saturated heterocycles. The highest BCUT2D eigenvalue weighted by Gasteiger charge is 2.20. The van der Waals surface area contributed by atoms with E-state index in [1.54, 1.807) is 22.8 Å². The van der Waals surface area contributed by atoms with Crippen LogP contribution in [0.1, 0.15) is 52.0 Å². The maximum Gasteiger partial charge on any atom is 0.354 e. The number of halogens is 3. The number of aromatic nitrogens is 4. The number of hydrogen-bond donors (Lipinski definition) is 1. The summed E-state index contributed by atoms with van der Waals surface area (Å²) in [5, 5.41) is 18.3. The van der Waals surface area contributed by atoms with Crippen molar-refractivity contribution in [3.63, 3.8) is 0 Å². The average molecular weight is 603 g/mol. The second kappa shape index (κ2) is 13.3. The minimum absolute atomic E-state index is 0.0188. The lowest BCUT2D eigenvalue weighted by atomic mass is 10.0. The molecule has 1 aliphatic rings. The van der Waals surface area contributed by atoms with Crippen LogP contribution in [0.3, 0.4) is 0 Å². The normalized spacial score (nSPS) is 12.9. The van der Waals surface area contributed by atoms with Crippen LogP contribution in [-0.4, -0.2) is 49.5 Å². The second-order valence-electron chi connectivity index (χ2n) is 9.55. The van der Waals surface area contributed by atoms with Crippen molar-refractivity contribution >= 4 is 22.8 Å². The Morgan fingerprint density at radius 2 is 1.98 bits per heavy atom. The van der Waals surface area contributed by atoms with Gasteiger partial charge in [0.05, 0.1) is 17.9 Å². The maximum atomic E-state index is 15.5. The first kappa shape index (κ1) is 30.1. The summed E-state index contributed by atoms with van der Waals surface area (Å²) in [4.78, 5) is 28.4. The summed E-state index contributed by atoms with van der Waals surface area (Å²) in [6.07, 6.45) is 6.32. The first-order valence-corrected chi connectivity index (χ1v) is 13.6. The van der Waals surface area contributed by atoms with Gasteiger partial charge in [-0.3, -0.25) is 4.98 Å². The first-order valence-electron chi connectivity index (χ1n) is 13.6. The molecule has 5 rings (SSSR count). The number of carbonyl (C=O) groups is 1. The van der Waals surface area contributed by atoms with Crippen molar-refractivity contribution in [2.75, 3.05) is 13.2 Å². The van der Waals surface area contributed by atoms with Crippen molar-refractivity contribution in [1.29, 1.82) is 5.26 Å². The highest BCUT2D eigenvalue weighted by molar-refractivity contribution is 6.09. The van der Waals surface area contributed by atoms with E-state index in [1.165, 1.54) is 24.4 Å². The number of benzene rings is 1. The summed E-state index contributed by atoms with van der Waals surface area (Å²) in [7, 11) is 0. The second-order valence-corrected chi connectivity index (χ2v) is 9.55. The third-order valence-corrected chi connectivity index (χ3v) is 6.65. The number of fused-ring (bicyclic) bond motifs is 1. The molecule has 10 nitrogen and oxygen atoms in total. The van der Waals surface area contributed by atoms with Crippen LogP contribution in [0.2, 0.25) is 0 Å². The molecule has 224 valence electrons. The van der Waals surface area contributed by atoms with Crippen molar-refractivity contribution in [2.24, 2.45) is 4.99 Å². The van der Waals surface area contributed by atoms with E-state index in [0.717, 1.165) is 18.2 Å². The Balaban J connectivity index is 1.41. The van der Waals surface area contributed by atoms with E-state index in [4.69, 9.17) is 14.7 Å². The number of nitrogens with zero attached hydrogens (tertiary/aromatic N) is 6. The lowest BCUT2D eigenvalue weighted by molar-refractivity contribution is 0.0690. The molecule has 0 spiro atoms. The van der Waals surface area contributed by atoms with Gasteiger partial charge in [-0.2, -0.15) is 5.26 Å². The molecule has 0 atom stereocenters. The number of nitriles is 1. The zero-order valence-corrected chi connectivity index (χ0v) is 23.4. The number of hydrogen-bond acceptors (Lipinski definition) is 8. The number of carboxylic acid groups (broad SMARTS) is 1. The summed E-state index contributed by atoms with van der Waals surface area (Å²) < 4.78 is 57.9. The van der Waals surface area contributed by atoms with E-state index < -0.39 is 23.4 Å². The first-order chi connectivity index (χ1) is 21.3. The zero-order chi connectivity index (χ0) is 31.2. The van der Waals surface area contributed by atoms with Crippen molar-refractivity contribution in [3.8, 4) is 6.07 Å². The number of ether oxygens (including phenoxy) is 2. The van der Waals surface area contributed by atoms with Crippen LogP contribution < -0.4 is 0 Å². The van der Waals surface area contributed by atoms with Gasteiger partial charge in [0.15, 0.2) is 11.3 Å². The summed E-state index contributed by atoms with van der Waals surface area (Å²) in [6.45, 7) is 2.56. The van der Waals surface area contributed by atoms with Gasteiger partial charge in [0.25, 0.3) is 0 Å². The molecular formula is C31H25F3N6O4. The van der Waals surface area contributed by atoms with Crippen molar-refractivity contribution in [1.82, 2.24) is 19.5 Å². The number of rotatable bonds is 11. The van der Waals surface area contributed by atoms with Crippen LogP contribution in [-0.2, 0) is 29.0 Å². The lowest BCUT2D eigenvalue weighted by Gasteiger charge is -2.12. The van der Waals surface area contributed by atoms with Crippen LogP contribution in [0.25, 0.3) is 11.2 Å². The third kappa shape index (κ3) is 6.66. The molecule has 3 aromatic heterocycles. The topological polar surface area (TPSA) is 136 Å². The Bertz CT molecular complexity index is 1880. The van der Waals surface area contributed by atoms with Crippen LogP contribution in [0.5, 0.6) is 0 Å². The van der Waals surface area contributed by atoms with E-state index in [2.05, 4.69) is 19.9 Å². The standard InChI is InChI=1S/C31H25F3N6O4/c1-2-43-10-9-40-28(37-25-7-8-26(31(41)42)39-30(25)40)13-19-12-22(33)20(14-21(19)32)24-5-3-4-6-29(38-24)44-17-27-23(34)11-18(15-35)16-36-27/h3,5-8,11-12,14,16H,2,4,9-10,13,17H2,1H3,(H,41,42). The summed E-state index contributed by atoms with van der Waals surface area (Å²) in [6, 6.07) is 7.79. The van der Waals surface area contributed by atoms with Gasteiger partial charge in [0.1, 0.15) is 47.2 Å². The van der Waals surface area contributed by atoms with Crippen molar-refractivity contribution in [2.45, 2.75) is 32.9 Å².